The molecular formula is C17H14FN3O4S. The number of carboxylic acid groups (broad SMARTS) is 1. The van der Waals surface area contributed by atoms with Crippen molar-refractivity contribution < 1.29 is 19.0 Å². The molecule has 2 N–H and O–H groups in total. The lowest BCUT2D eigenvalue weighted by Crippen LogP contribution is -2.44. The Morgan fingerprint density at radius 2 is 2.12 bits per heavy atom. The van der Waals surface area contributed by atoms with Crippen LogP contribution < -0.4 is 20.4 Å². The Morgan fingerprint density at radius 1 is 1.35 bits per heavy atom. The molecular weight excluding hydrogens is 361 g/mol. The van der Waals surface area contributed by atoms with Gasteiger partial charge in [-0.15, -0.1) is 11.3 Å². The van der Waals surface area contributed by atoms with Gasteiger partial charge in [0, 0.05) is 31.7 Å². The van der Waals surface area contributed by atoms with Crippen LogP contribution in [0.2, 0.25) is 0 Å². The number of anilines is 1. The van der Waals surface area contributed by atoms with Gasteiger partial charge in [-0.2, -0.15) is 0 Å². The number of hydrogen-bond donors (Lipinski definition) is 2. The van der Waals surface area contributed by atoms with E-state index in [-0.39, 0.29) is 17.6 Å². The fourth-order valence-corrected chi connectivity index (χ4v) is 4.81. The number of aromatic nitrogens is 1. The number of benzene rings is 1. The maximum Gasteiger partial charge on any atom is 0.342 e. The third kappa shape index (κ3) is 1.95. The van der Waals surface area contributed by atoms with E-state index in [0.29, 0.717) is 40.6 Å². The average Bonchev–Trinajstić information content (AvgIpc) is 3.05. The van der Waals surface area contributed by atoms with E-state index < -0.39 is 17.2 Å². The highest BCUT2D eigenvalue weighted by Crippen LogP contribution is 2.39. The summed E-state index contributed by atoms with van der Waals surface area (Å²) in [4.78, 5) is 26.7. The Labute approximate surface area is 150 Å². The molecule has 7 nitrogen and oxygen atoms in total. The molecule has 2 aromatic heterocycles. The van der Waals surface area contributed by atoms with Crippen LogP contribution in [-0.4, -0.2) is 41.7 Å². The largest absolute Gasteiger partial charge is 0.477 e. The number of aromatic carboxylic acids is 1. The number of rotatable bonds is 2. The number of carbonyl (C=O) groups is 1. The predicted molar refractivity (Wildman–Crippen MR) is 95.4 cm³/mol. The minimum Gasteiger partial charge on any atom is -0.477 e. The van der Waals surface area contributed by atoms with Gasteiger partial charge in [0.15, 0.2) is 0 Å². The highest BCUT2D eigenvalue weighted by atomic mass is 32.1. The summed E-state index contributed by atoms with van der Waals surface area (Å²) in [5.74, 6) is -1.37. The molecule has 26 heavy (non-hydrogen) atoms. The normalized spacial score (nSPS) is 16.4. The van der Waals surface area contributed by atoms with Crippen LogP contribution in [0.4, 0.5) is 10.1 Å². The van der Waals surface area contributed by atoms with Gasteiger partial charge in [-0.05, 0) is 6.07 Å². The van der Waals surface area contributed by atoms with Crippen molar-refractivity contribution in [1.29, 1.82) is 0 Å². The monoisotopic (exact) mass is 375 g/mol. The fourth-order valence-electron chi connectivity index (χ4n) is 3.84. The number of thiazole rings is 1. The molecule has 0 unspecified atom stereocenters. The fraction of sp³-hybridized carbons (Fsp3) is 0.294. The van der Waals surface area contributed by atoms with Crippen LogP contribution in [0.1, 0.15) is 15.9 Å². The topological polar surface area (TPSA) is 83.3 Å². The number of nitrogens with one attached hydrogen (secondary N) is 1. The van der Waals surface area contributed by atoms with E-state index in [1.807, 2.05) is 4.90 Å². The molecule has 0 bridgehead atoms. The summed E-state index contributed by atoms with van der Waals surface area (Å²) < 4.78 is 22.4. The van der Waals surface area contributed by atoms with Gasteiger partial charge >= 0.3 is 5.97 Å². The Morgan fingerprint density at radius 3 is 2.85 bits per heavy atom. The van der Waals surface area contributed by atoms with Gasteiger partial charge in [0.2, 0.25) is 11.3 Å². The number of ether oxygens (including phenoxy) is 1. The van der Waals surface area contributed by atoms with Gasteiger partial charge in [0.05, 0.1) is 22.0 Å². The summed E-state index contributed by atoms with van der Waals surface area (Å²) in [6.45, 7) is 2.93. The third-order valence-corrected chi connectivity index (χ3v) is 5.87. The zero-order valence-electron chi connectivity index (χ0n) is 13.5. The van der Waals surface area contributed by atoms with E-state index in [4.69, 9.17) is 4.74 Å². The number of carboxylic acids is 1. The summed E-state index contributed by atoms with van der Waals surface area (Å²) in [6.07, 6.45) is 0. The average molecular weight is 375 g/mol. The van der Waals surface area contributed by atoms with Crippen molar-refractivity contribution in [2.24, 2.45) is 0 Å². The van der Waals surface area contributed by atoms with Crippen LogP contribution in [0.15, 0.2) is 16.2 Å². The molecule has 0 spiro atoms. The molecule has 4 heterocycles. The molecule has 3 aromatic rings. The first-order chi connectivity index (χ1) is 12.6. The maximum atomic E-state index is 15.0. The van der Waals surface area contributed by atoms with Crippen LogP contribution in [0.5, 0.6) is 5.88 Å². The molecule has 2 aliphatic rings. The first-order valence-corrected chi connectivity index (χ1v) is 9.09. The van der Waals surface area contributed by atoms with Gasteiger partial charge in [-0.3, -0.25) is 9.20 Å². The number of piperazine rings is 1. The molecule has 0 amide bonds. The van der Waals surface area contributed by atoms with Crippen molar-refractivity contribution in [1.82, 2.24) is 9.72 Å². The summed E-state index contributed by atoms with van der Waals surface area (Å²) in [7, 11) is 0. The lowest BCUT2D eigenvalue weighted by atomic mass is 10.0. The third-order valence-electron chi connectivity index (χ3n) is 4.94. The minimum absolute atomic E-state index is 0.0780. The second kappa shape index (κ2) is 5.42. The van der Waals surface area contributed by atoms with Crippen molar-refractivity contribution >= 4 is 38.7 Å². The quantitative estimate of drug-likeness (QED) is 0.709. The zero-order chi connectivity index (χ0) is 18.0. The van der Waals surface area contributed by atoms with Crippen molar-refractivity contribution in [2.45, 2.75) is 6.61 Å². The number of halogens is 1. The highest BCUT2D eigenvalue weighted by Gasteiger charge is 2.30. The zero-order valence-corrected chi connectivity index (χ0v) is 14.4. The van der Waals surface area contributed by atoms with E-state index in [1.54, 1.807) is 9.78 Å². The van der Waals surface area contributed by atoms with Crippen LogP contribution in [-0.2, 0) is 6.61 Å². The van der Waals surface area contributed by atoms with Crippen LogP contribution in [0.3, 0.4) is 0 Å². The molecule has 1 fully saturated rings. The highest BCUT2D eigenvalue weighted by molar-refractivity contribution is 7.16. The number of hydrogen-bond acceptors (Lipinski definition) is 6. The molecule has 0 radical (unpaired) electrons. The summed E-state index contributed by atoms with van der Waals surface area (Å²) in [6, 6.07) is 1.17. The number of nitrogens with zero attached hydrogens (tertiary/aromatic N) is 2. The Kier molecular flexibility index (Phi) is 3.25. The van der Waals surface area contributed by atoms with Gasteiger partial charge in [0.25, 0.3) is 0 Å². The molecule has 2 aliphatic heterocycles. The Balaban J connectivity index is 1.94. The summed E-state index contributed by atoms with van der Waals surface area (Å²) in [5.41, 5.74) is 0.575. The Hall–Kier alpha value is -2.65. The van der Waals surface area contributed by atoms with E-state index in [1.165, 1.54) is 6.07 Å². The first kappa shape index (κ1) is 15.6. The second-order valence-corrected chi connectivity index (χ2v) is 7.19. The maximum absolute atomic E-state index is 15.0. The molecule has 5 rings (SSSR count). The Bertz CT molecular complexity index is 1150. The van der Waals surface area contributed by atoms with Crippen molar-refractivity contribution in [2.75, 3.05) is 31.1 Å². The van der Waals surface area contributed by atoms with E-state index in [9.17, 15) is 14.7 Å². The van der Waals surface area contributed by atoms with Crippen molar-refractivity contribution in [3.63, 3.8) is 0 Å². The van der Waals surface area contributed by atoms with E-state index >= 15 is 4.39 Å². The lowest BCUT2D eigenvalue weighted by Gasteiger charge is -2.33. The standard InChI is InChI=1S/C17H14FN3O4S/c18-10-5-8-13-9(14(10)20-3-1-19-2-4-20)6-25-11-7-26-16(21(11)13)12(15(8)22)17(23)24/h5,7,19H,1-4,6H2,(H,23,24). The first-order valence-electron chi connectivity index (χ1n) is 8.21. The van der Waals surface area contributed by atoms with Crippen molar-refractivity contribution in [3.05, 3.63) is 38.6 Å². The van der Waals surface area contributed by atoms with Crippen LogP contribution >= 0.6 is 11.3 Å². The smallest absolute Gasteiger partial charge is 0.342 e. The molecule has 0 saturated carbocycles. The van der Waals surface area contributed by atoms with E-state index in [2.05, 4.69) is 5.32 Å². The molecule has 1 saturated heterocycles. The van der Waals surface area contributed by atoms with Gasteiger partial charge in [-0.1, -0.05) is 0 Å². The van der Waals surface area contributed by atoms with Gasteiger partial charge in [-0.25, -0.2) is 9.18 Å². The van der Waals surface area contributed by atoms with Gasteiger partial charge < -0.3 is 20.1 Å². The molecule has 1 aromatic carbocycles. The SMILES string of the molecule is O=C(O)c1c(=O)c2cc(F)c(N3CCNCC3)c3c2n2c(csc12)OC3. The molecule has 9 heteroatoms. The minimum atomic E-state index is -1.32. The van der Waals surface area contributed by atoms with Crippen LogP contribution in [0.25, 0.3) is 15.7 Å². The van der Waals surface area contributed by atoms with E-state index in [0.717, 1.165) is 24.4 Å². The lowest BCUT2D eigenvalue weighted by molar-refractivity contribution is 0.0697. The molecule has 134 valence electrons. The molecule has 0 atom stereocenters. The molecule has 0 aliphatic carbocycles. The number of pyridine rings is 1. The summed E-state index contributed by atoms with van der Waals surface area (Å²) >= 11 is 1.14. The van der Waals surface area contributed by atoms with Crippen LogP contribution in [0, 0.1) is 5.82 Å². The summed E-state index contributed by atoms with van der Waals surface area (Å²) in [5, 5.41) is 14.5. The second-order valence-electron chi connectivity index (χ2n) is 6.33. The van der Waals surface area contributed by atoms with Crippen molar-refractivity contribution in [3.8, 4) is 5.88 Å². The predicted octanol–water partition coefficient (Wildman–Crippen LogP) is 1.65. The van der Waals surface area contributed by atoms with Gasteiger partial charge in [0.1, 0.15) is 22.8 Å².